The molecule has 0 aromatic carbocycles. The number of ether oxygens (including phenoxy) is 1. The van der Waals surface area contributed by atoms with Gasteiger partial charge in [-0.15, -0.1) is 0 Å². The first-order chi connectivity index (χ1) is 16.5. The Morgan fingerprint density at radius 2 is 1.97 bits per heavy atom. The van der Waals surface area contributed by atoms with Crippen molar-refractivity contribution in [3.8, 4) is 17.1 Å². The molecule has 0 unspecified atom stereocenters. The van der Waals surface area contributed by atoms with E-state index in [1.807, 2.05) is 0 Å². The van der Waals surface area contributed by atoms with Crippen LogP contribution in [0.3, 0.4) is 0 Å². The third-order valence-electron chi connectivity index (χ3n) is 5.36. The molecule has 1 aliphatic rings. The van der Waals surface area contributed by atoms with Gasteiger partial charge in [0.15, 0.2) is 11.8 Å². The molecular weight excluding hydrogens is 481 g/mol. The van der Waals surface area contributed by atoms with Crippen LogP contribution in [0.15, 0.2) is 52.6 Å². The molecule has 182 valence electrons. The first-order valence-corrected chi connectivity index (χ1v) is 10.0. The van der Waals surface area contributed by atoms with Gasteiger partial charge in [-0.05, 0) is 12.1 Å². The maximum absolute atomic E-state index is 14.8. The molecule has 1 atom stereocenters. The Morgan fingerprint density at radius 1 is 1.17 bits per heavy atom. The molecule has 1 saturated heterocycles. The van der Waals surface area contributed by atoms with Crippen LogP contribution in [-0.4, -0.2) is 54.7 Å². The number of pyridine rings is 1. The summed E-state index contributed by atoms with van der Waals surface area (Å²) in [5.41, 5.74) is -1.98. The number of alkyl halides is 5. The van der Waals surface area contributed by atoms with Gasteiger partial charge >= 0.3 is 17.8 Å². The minimum atomic E-state index is -4.62. The van der Waals surface area contributed by atoms with E-state index in [0.717, 1.165) is 12.3 Å². The molecule has 0 bridgehead atoms. The second-order valence-corrected chi connectivity index (χ2v) is 7.73. The van der Waals surface area contributed by atoms with Gasteiger partial charge < -0.3 is 14.6 Å². The summed E-state index contributed by atoms with van der Waals surface area (Å²) in [4.78, 5) is 36.8. The molecule has 0 aliphatic carbocycles. The van der Waals surface area contributed by atoms with E-state index in [9.17, 15) is 31.5 Å². The van der Waals surface area contributed by atoms with Gasteiger partial charge in [0.1, 0.15) is 5.69 Å². The second kappa shape index (κ2) is 7.89. The number of nitrogens with zero attached hydrogens (tertiary/aromatic N) is 5. The van der Waals surface area contributed by atoms with Gasteiger partial charge in [0, 0.05) is 30.9 Å². The number of anilines is 1. The van der Waals surface area contributed by atoms with E-state index in [-0.39, 0.29) is 35.0 Å². The van der Waals surface area contributed by atoms with Crippen LogP contribution in [0.5, 0.6) is 5.88 Å². The predicted octanol–water partition coefficient (Wildman–Crippen LogP) is 2.09. The summed E-state index contributed by atoms with van der Waals surface area (Å²) in [6, 6.07) is 2.94. The molecule has 4 aromatic heterocycles. The highest BCUT2D eigenvalue weighted by Gasteiger charge is 2.51. The van der Waals surface area contributed by atoms with Crippen molar-refractivity contribution in [1.82, 2.24) is 29.5 Å². The number of rotatable bonds is 4. The van der Waals surface area contributed by atoms with Crippen LogP contribution in [0.4, 0.5) is 27.6 Å². The molecule has 5 heterocycles. The Morgan fingerprint density at radius 3 is 2.66 bits per heavy atom. The number of nitrogens with one attached hydrogen (secondary N) is 2. The van der Waals surface area contributed by atoms with E-state index >= 15 is 0 Å². The number of imidazole rings is 1. The normalized spacial score (nSPS) is 17.7. The van der Waals surface area contributed by atoms with Gasteiger partial charge in [0.2, 0.25) is 5.88 Å². The Labute approximate surface area is 191 Å². The summed E-state index contributed by atoms with van der Waals surface area (Å²) in [7, 11) is 0. The number of hydrogen-bond donors (Lipinski definition) is 2. The molecule has 0 saturated carbocycles. The van der Waals surface area contributed by atoms with Gasteiger partial charge in [0.25, 0.3) is 5.56 Å². The highest BCUT2D eigenvalue weighted by Crippen LogP contribution is 2.36. The van der Waals surface area contributed by atoms with E-state index in [1.54, 1.807) is 0 Å². The van der Waals surface area contributed by atoms with Gasteiger partial charge in [0.05, 0.1) is 29.9 Å². The highest BCUT2D eigenvalue weighted by molar-refractivity contribution is 5.74. The maximum atomic E-state index is 14.8. The standard InChI is InChI=1S/C20H14F5N7O3/c21-19(22)9-31(8-14(19)35-15-2-1-10(6-27-15)20(23,24)25)13-5-12(30-32-4-3-26-16(13)32)11-7-28-18(34)29-17(11)33/h1-7,14H,8-9H2,(H2,28,29,33,34)/t14-/m0/s1. The van der Waals surface area contributed by atoms with Gasteiger partial charge in [-0.3, -0.25) is 9.78 Å². The number of aromatic amines is 2. The second-order valence-electron chi connectivity index (χ2n) is 7.73. The highest BCUT2D eigenvalue weighted by atomic mass is 19.4. The number of hydrogen-bond acceptors (Lipinski definition) is 7. The van der Waals surface area contributed by atoms with Gasteiger partial charge in [-0.2, -0.15) is 18.3 Å². The minimum absolute atomic E-state index is 0.00541. The van der Waals surface area contributed by atoms with Crippen LogP contribution in [0.2, 0.25) is 0 Å². The summed E-state index contributed by atoms with van der Waals surface area (Å²) < 4.78 is 74.4. The van der Waals surface area contributed by atoms with E-state index < -0.39 is 41.6 Å². The number of halogens is 5. The summed E-state index contributed by atoms with van der Waals surface area (Å²) in [6.07, 6.45) is -1.85. The lowest BCUT2D eigenvalue weighted by Crippen LogP contribution is -2.36. The minimum Gasteiger partial charge on any atom is -0.466 e. The summed E-state index contributed by atoms with van der Waals surface area (Å²) in [5.74, 6) is -3.78. The third kappa shape index (κ3) is 4.20. The van der Waals surface area contributed by atoms with Crippen LogP contribution >= 0.6 is 0 Å². The van der Waals surface area contributed by atoms with E-state index in [1.165, 1.54) is 27.9 Å². The van der Waals surface area contributed by atoms with Gasteiger partial charge in [-0.1, -0.05) is 0 Å². The van der Waals surface area contributed by atoms with Gasteiger partial charge in [-0.25, -0.2) is 28.1 Å². The molecular formula is C20H14F5N7O3. The fourth-order valence-corrected chi connectivity index (χ4v) is 3.69. The molecule has 0 amide bonds. The van der Waals surface area contributed by atoms with Crippen molar-refractivity contribution in [2.75, 3.05) is 18.0 Å². The molecule has 4 aromatic rings. The lowest BCUT2D eigenvalue weighted by Gasteiger charge is -2.19. The topological polar surface area (TPSA) is 121 Å². The Bertz CT molecular complexity index is 1510. The first kappa shape index (κ1) is 22.5. The maximum Gasteiger partial charge on any atom is 0.417 e. The predicted molar refractivity (Wildman–Crippen MR) is 110 cm³/mol. The molecule has 15 heteroatoms. The van der Waals surface area contributed by atoms with Crippen molar-refractivity contribution < 1.29 is 26.7 Å². The fourth-order valence-electron chi connectivity index (χ4n) is 3.69. The summed E-state index contributed by atoms with van der Waals surface area (Å²) >= 11 is 0. The van der Waals surface area contributed by atoms with Crippen LogP contribution in [0.25, 0.3) is 16.9 Å². The average molecular weight is 495 g/mol. The summed E-state index contributed by atoms with van der Waals surface area (Å²) in [6.45, 7) is -1.16. The van der Waals surface area contributed by atoms with Crippen molar-refractivity contribution in [2.45, 2.75) is 18.2 Å². The Balaban J connectivity index is 1.47. The quantitative estimate of drug-likeness (QED) is 0.416. The van der Waals surface area contributed by atoms with E-state index in [0.29, 0.717) is 12.3 Å². The SMILES string of the molecule is O=c1[nH]cc(-c2cc(N3C[C@H](Oc4ccc(C(F)(F)F)cn4)C(F)(F)C3)c3nccn3n2)c(=O)[nH]1. The molecule has 5 rings (SSSR count). The van der Waals surface area contributed by atoms with Crippen LogP contribution in [0, 0.1) is 0 Å². The molecule has 2 N–H and O–H groups in total. The smallest absolute Gasteiger partial charge is 0.417 e. The van der Waals surface area contributed by atoms with Crippen molar-refractivity contribution >= 4 is 11.3 Å². The molecule has 1 aliphatic heterocycles. The Hall–Kier alpha value is -4.30. The van der Waals surface area contributed by atoms with Crippen molar-refractivity contribution in [3.05, 3.63) is 69.4 Å². The number of fused-ring (bicyclic) bond motifs is 1. The zero-order valence-corrected chi connectivity index (χ0v) is 17.4. The van der Waals surface area contributed by atoms with Crippen molar-refractivity contribution in [3.63, 3.8) is 0 Å². The molecule has 35 heavy (non-hydrogen) atoms. The molecule has 0 spiro atoms. The summed E-state index contributed by atoms with van der Waals surface area (Å²) in [5, 5.41) is 4.24. The number of aromatic nitrogens is 6. The largest absolute Gasteiger partial charge is 0.466 e. The van der Waals surface area contributed by atoms with E-state index in [4.69, 9.17) is 4.74 Å². The van der Waals surface area contributed by atoms with Crippen LogP contribution in [0.1, 0.15) is 5.56 Å². The lowest BCUT2D eigenvalue weighted by atomic mass is 10.2. The average Bonchev–Trinajstić information content (AvgIpc) is 3.37. The zero-order chi connectivity index (χ0) is 25.0. The lowest BCUT2D eigenvalue weighted by molar-refractivity contribution is -0.137. The molecule has 0 radical (unpaired) electrons. The number of H-pyrrole nitrogens is 2. The zero-order valence-electron chi connectivity index (χ0n) is 17.4. The van der Waals surface area contributed by atoms with Crippen LogP contribution < -0.4 is 20.9 Å². The third-order valence-corrected chi connectivity index (χ3v) is 5.36. The fraction of sp³-hybridized carbons (Fsp3) is 0.250. The first-order valence-electron chi connectivity index (χ1n) is 10.0. The van der Waals surface area contributed by atoms with E-state index in [2.05, 4.69) is 25.0 Å². The molecule has 1 fully saturated rings. The van der Waals surface area contributed by atoms with Crippen LogP contribution in [-0.2, 0) is 6.18 Å². The van der Waals surface area contributed by atoms with Crippen molar-refractivity contribution in [1.29, 1.82) is 0 Å². The monoisotopic (exact) mass is 495 g/mol. The molecule has 10 nitrogen and oxygen atoms in total. The van der Waals surface area contributed by atoms with Crippen molar-refractivity contribution in [2.24, 2.45) is 0 Å². The Kier molecular flexibility index (Phi) is 5.07.